The van der Waals surface area contributed by atoms with Crippen LogP contribution in [0.2, 0.25) is 0 Å². The van der Waals surface area contributed by atoms with E-state index in [1.54, 1.807) is 6.92 Å². The van der Waals surface area contributed by atoms with E-state index in [-0.39, 0.29) is 0 Å². The van der Waals surface area contributed by atoms with Crippen molar-refractivity contribution in [3.05, 3.63) is 10.6 Å². The van der Waals surface area contributed by atoms with Crippen LogP contribution < -0.4 is 5.32 Å². The minimum Gasteiger partial charge on any atom is -0.477 e. The molecule has 6 heteroatoms. The Morgan fingerprint density at radius 2 is 2.39 bits per heavy atom. The average Bonchev–Trinajstić information content (AvgIpc) is 2.70. The third-order valence-corrected chi connectivity index (χ3v) is 4.50. The Hall–Kier alpha value is -1.14. The second-order valence-corrected chi connectivity index (χ2v) is 5.75. The fourth-order valence-corrected chi connectivity index (χ4v) is 3.09. The first-order valence-corrected chi connectivity index (χ1v) is 7.04. The van der Waals surface area contributed by atoms with Gasteiger partial charge in [-0.25, -0.2) is 9.78 Å². The summed E-state index contributed by atoms with van der Waals surface area (Å²) in [6, 6.07) is 0.524. The Morgan fingerprint density at radius 3 is 3.00 bits per heavy atom. The molecular weight excluding hydrogens is 250 g/mol. The monoisotopic (exact) mass is 269 g/mol. The number of anilines is 1. The van der Waals surface area contributed by atoms with Gasteiger partial charge in [0.2, 0.25) is 0 Å². The number of carboxylic acids is 1. The number of hydrogen-bond acceptors (Lipinski definition) is 5. The first kappa shape index (κ1) is 13.3. The van der Waals surface area contributed by atoms with Crippen LogP contribution in [0.1, 0.15) is 34.6 Å². The van der Waals surface area contributed by atoms with E-state index in [1.165, 1.54) is 30.6 Å². The molecule has 0 amide bonds. The van der Waals surface area contributed by atoms with Crippen molar-refractivity contribution in [2.75, 3.05) is 25.5 Å². The number of hydrogen-bond donors (Lipinski definition) is 2. The molecule has 18 heavy (non-hydrogen) atoms. The van der Waals surface area contributed by atoms with Crippen molar-refractivity contribution < 1.29 is 9.90 Å². The minimum absolute atomic E-state index is 0.328. The lowest BCUT2D eigenvalue weighted by Gasteiger charge is -2.32. The van der Waals surface area contributed by atoms with Crippen molar-refractivity contribution in [2.45, 2.75) is 32.2 Å². The van der Waals surface area contributed by atoms with Gasteiger partial charge < -0.3 is 15.3 Å². The normalized spacial score (nSPS) is 20.9. The molecule has 1 atom stereocenters. The fourth-order valence-electron chi connectivity index (χ4n) is 2.28. The molecule has 0 spiro atoms. The Labute approximate surface area is 111 Å². The molecule has 2 rings (SSSR count). The van der Waals surface area contributed by atoms with Crippen molar-refractivity contribution in [3.8, 4) is 0 Å². The molecule has 2 N–H and O–H groups in total. The lowest BCUT2D eigenvalue weighted by atomic mass is 10.0. The molecule has 1 aromatic rings. The molecule has 0 radical (unpaired) electrons. The van der Waals surface area contributed by atoms with E-state index >= 15 is 0 Å². The summed E-state index contributed by atoms with van der Waals surface area (Å²) >= 11 is 1.22. The topological polar surface area (TPSA) is 65.5 Å². The van der Waals surface area contributed by atoms with Gasteiger partial charge in [0.15, 0.2) is 5.13 Å². The van der Waals surface area contributed by atoms with Crippen LogP contribution >= 0.6 is 11.3 Å². The highest BCUT2D eigenvalue weighted by atomic mass is 32.1. The summed E-state index contributed by atoms with van der Waals surface area (Å²) in [5, 5.41) is 12.9. The van der Waals surface area contributed by atoms with Crippen LogP contribution in [-0.2, 0) is 0 Å². The minimum atomic E-state index is -0.896. The number of likely N-dealkylation sites (tertiary alicyclic amines) is 1. The van der Waals surface area contributed by atoms with Gasteiger partial charge in [-0.15, -0.1) is 0 Å². The van der Waals surface area contributed by atoms with Gasteiger partial charge in [-0.3, -0.25) is 0 Å². The van der Waals surface area contributed by atoms with Gasteiger partial charge in [-0.2, -0.15) is 0 Å². The van der Waals surface area contributed by atoms with Crippen molar-refractivity contribution in [3.63, 3.8) is 0 Å². The van der Waals surface area contributed by atoms with E-state index in [0.29, 0.717) is 21.7 Å². The Kier molecular flexibility index (Phi) is 4.19. The van der Waals surface area contributed by atoms with Crippen molar-refractivity contribution >= 4 is 22.4 Å². The number of rotatable bonds is 4. The standard InChI is InChI=1S/C12H19N3O2S/c1-8-10(11(16)17)18-12(14-8)13-7-9-5-3-4-6-15(9)2/h9H,3-7H2,1-2H3,(H,13,14)(H,16,17). The maximum atomic E-state index is 10.9. The molecule has 1 aliphatic heterocycles. The van der Waals surface area contributed by atoms with Crippen molar-refractivity contribution in [1.82, 2.24) is 9.88 Å². The summed E-state index contributed by atoms with van der Waals surface area (Å²) in [5.74, 6) is -0.896. The predicted octanol–water partition coefficient (Wildman–Crippen LogP) is 2.05. The number of aromatic nitrogens is 1. The maximum absolute atomic E-state index is 10.9. The molecule has 1 unspecified atom stereocenters. The quantitative estimate of drug-likeness (QED) is 0.875. The number of carboxylic acid groups (broad SMARTS) is 1. The number of aryl methyl sites for hydroxylation is 1. The van der Waals surface area contributed by atoms with Crippen LogP contribution in [-0.4, -0.2) is 47.1 Å². The van der Waals surface area contributed by atoms with Crippen LogP contribution in [0.3, 0.4) is 0 Å². The van der Waals surface area contributed by atoms with Crippen LogP contribution in [0.4, 0.5) is 5.13 Å². The first-order chi connectivity index (χ1) is 8.58. The van der Waals surface area contributed by atoms with Gasteiger partial charge in [0, 0.05) is 12.6 Å². The summed E-state index contributed by atoms with van der Waals surface area (Å²) < 4.78 is 0. The maximum Gasteiger partial charge on any atom is 0.347 e. The van der Waals surface area contributed by atoms with E-state index in [0.717, 1.165) is 13.1 Å². The van der Waals surface area contributed by atoms with E-state index < -0.39 is 5.97 Å². The molecule has 1 aliphatic rings. The molecule has 0 saturated carbocycles. The van der Waals surface area contributed by atoms with Crippen LogP contribution in [0.25, 0.3) is 0 Å². The third-order valence-electron chi connectivity index (χ3n) is 3.40. The molecule has 100 valence electrons. The fraction of sp³-hybridized carbons (Fsp3) is 0.667. The number of thiazole rings is 1. The Bertz CT molecular complexity index is 433. The molecule has 2 heterocycles. The van der Waals surface area contributed by atoms with Crippen LogP contribution in [0, 0.1) is 6.92 Å². The van der Waals surface area contributed by atoms with E-state index in [2.05, 4.69) is 22.2 Å². The number of nitrogens with zero attached hydrogens (tertiary/aromatic N) is 2. The SMILES string of the molecule is Cc1nc(NCC2CCCCN2C)sc1C(=O)O. The lowest BCUT2D eigenvalue weighted by molar-refractivity contribution is 0.0701. The molecule has 0 aliphatic carbocycles. The average molecular weight is 269 g/mol. The van der Waals surface area contributed by atoms with Gasteiger partial charge in [-0.1, -0.05) is 17.8 Å². The molecule has 0 aromatic carbocycles. The second kappa shape index (κ2) is 5.67. The van der Waals surface area contributed by atoms with Gasteiger partial charge in [0.05, 0.1) is 5.69 Å². The molecule has 0 bridgehead atoms. The Morgan fingerprint density at radius 1 is 1.61 bits per heavy atom. The highest BCUT2D eigenvalue weighted by molar-refractivity contribution is 7.17. The van der Waals surface area contributed by atoms with Gasteiger partial charge in [0.25, 0.3) is 0 Å². The first-order valence-electron chi connectivity index (χ1n) is 6.22. The van der Waals surface area contributed by atoms with Crippen molar-refractivity contribution in [1.29, 1.82) is 0 Å². The van der Waals surface area contributed by atoms with Crippen LogP contribution in [0.15, 0.2) is 0 Å². The van der Waals surface area contributed by atoms with Crippen LogP contribution in [0.5, 0.6) is 0 Å². The van der Waals surface area contributed by atoms with E-state index in [9.17, 15) is 4.79 Å². The summed E-state index contributed by atoms with van der Waals surface area (Å²) in [5.41, 5.74) is 0.590. The molecule has 1 fully saturated rings. The summed E-state index contributed by atoms with van der Waals surface area (Å²) in [6.07, 6.45) is 3.74. The van der Waals surface area contributed by atoms with Gasteiger partial charge >= 0.3 is 5.97 Å². The molecular formula is C12H19N3O2S. The largest absolute Gasteiger partial charge is 0.477 e. The number of aromatic carboxylic acids is 1. The number of likely N-dealkylation sites (N-methyl/N-ethyl adjacent to an activating group) is 1. The highest BCUT2D eigenvalue weighted by Crippen LogP contribution is 2.23. The zero-order valence-electron chi connectivity index (χ0n) is 10.8. The molecule has 5 nitrogen and oxygen atoms in total. The lowest BCUT2D eigenvalue weighted by Crippen LogP contribution is -2.40. The number of nitrogens with one attached hydrogen (secondary N) is 1. The predicted molar refractivity (Wildman–Crippen MR) is 72.6 cm³/mol. The summed E-state index contributed by atoms with van der Waals surface area (Å²) in [4.78, 5) is 17.9. The molecule has 1 saturated heterocycles. The Balaban J connectivity index is 1.93. The van der Waals surface area contributed by atoms with E-state index in [4.69, 9.17) is 5.11 Å². The van der Waals surface area contributed by atoms with Gasteiger partial charge in [-0.05, 0) is 33.4 Å². The van der Waals surface area contributed by atoms with Crippen molar-refractivity contribution in [2.24, 2.45) is 0 Å². The zero-order valence-corrected chi connectivity index (χ0v) is 11.6. The molecule has 1 aromatic heterocycles. The summed E-state index contributed by atoms with van der Waals surface area (Å²) in [7, 11) is 2.14. The summed E-state index contributed by atoms with van der Waals surface area (Å²) in [6.45, 7) is 3.71. The number of piperidine rings is 1. The third kappa shape index (κ3) is 3.00. The highest BCUT2D eigenvalue weighted by Gasteiger charge is 2.19. The second-order valence-electron chi connectivity index (χ2n) is 4.75. The zero-order chi connectivity index (χ0) is 13.1. The van der Waals surface area contributed by atoms with Gasteiger partial charge in [0.1, 0.15) is 4.88 Å². The number of carbonyl (C=O) groups is 1. The smallest absolute Gasteiger partial charge is 0.347 e. The van der Waals surface area contributed by atoms with E-state index in [1.807, 2.05) is 0 Å².